The van der Waals surface area contributed by atoms with Gasteiger partial charge in [0, 0.05) is 190 Å². The largest absolute Gasteiger partial charge is 0.396 e. The minimum Gasteiger partial charge on any atom is -0.396 e. The number of anilines is 5. The molecule has 20 aromatic rings. The normalized spacial score (nSPS) is 12.3. The van der Waals surface area contributed by atoms with Gasteiger partial charge in [0.2, 0.25) is 0 Å². The number of fused-ring (bicyclic) bond motifs is 5. The Morgan fingerprint density at radius 3 is 0.628 bits per heavy atom. The fourth-order valence-corrected chi connectivity index (χ4v) is 27.7. The zero-order chi connectivity index (χ0) is 101. The molecule has 0 amide bonds. The molecule has 0 radical (unpaired) electrons. The number of benzene rings is 5. The summed E-state index contributed by atoms with van der Waals surface area (Å²) < 4.78 is 119. The highest BCUT2D eigenvalue weighted by molar-refractivity contribution is 7.89. The average molecular weight is 2130 g/mol. The average Bonchev–Trinajstić information content (AvgIpc) is 1.65. The lowest BCUT2D eigenvalue weighted by atomic mass is 10.1. The maximum atomic E-state index is 13.5. The zero-order valence-corrected chi connectivity index (χ0v) is 86.7. The van der Waals surface area contributed by atoms with Crippen LogP contribution in [0.2, 0.25) is 0 Å². The van der Waals surface area contributed by atoms with Gasteiger partial charge in [-0.15, -0.1) is 56.7 Å². The van der Waals surface area contributed by atoms with Crippen LogP contribution < -0.4 is 28.7 Å². The van der Waals surface area contributed by atoms with Gasteiger partial charge in [-0.25, -0.2) is 58.6 Å². The van der Waals surface area contributed by atoms with E-state index in [1.807, 2.05) is 140 Å². The second kappa shape index (κ2) is 50.3. The monoisotopic (exact) mass is 2130 g/mol. The van der Waals surface area contributed by atoms with Gasteiger partial charge >= 0.3 is 0 Å². The van der Waals surface area contributed by atoms with E-state index in [1.54, 1.807) is 134 Å². The molecule has 0 fully saturated rings. The van der Waals surface area contributed by atoms with E-state index in [0.717, 1.165) is 82.6 Å². The molecule has 0 saturated carbocycles. The molecule has 0 bridgehead atoms. The number of thiophene rings is 5. The zero-order valence-electron chi connectivity index (χ0n) is 78.5. The molecule has 0 saturated heterocycles. The maximum absolute atomic E-state index is 13.5. The SMILES string of the molecule is COCCCS(=O)c1sc2nc(-c3cccnc3)nc(-c3ccc(F)cc3)c2c1N.COCCC[S@](=O)c1sc2nc(-c3cccnc3)nc(-c3ccc(F)cc3)c2c1N.COCCC[S@](=O)c1sc2nc(-c3cccnc3)nc(-c3ccccc3)c2c1N.COCC[S@@](=O)c1sc2nc(-c3cccnc3)nc(-c3ccccc3)c2c1N.COCC[S@](=O)c1sc2nc(-c3cccnc3)nc(-c3ccccc3)c2c1N. The van der Waals surface area contributed by atoms with Gasteiger partial charge < -0.3 is 52.4 Å². The number of hydrogen-bond acceptors (Lipinski definition) is 35. The Kier molecular flexibility index (Phi) is 36.2. The smallest absolute Gasteiger partial charge is 0.162 e. The predicted molar refractivity (Wildman–Crippen MR) is 582 cm³/mol. The van der Waals surface area contributed by atoms with Gasteiger partial charge in [0.15, 0.2) is 29.1 Å². The van der Waals surface area contributed by atoms with Crippen LogP contribution in [0.1, 0.15) is 19.3 Å². The van der Waals surface area contributed by atoms with Gasteiger partial charge in [-0.1, -0.05) is 91.0 Å². The third-order valence-corrected chi connectivity index (χ3v) is 36.5. The minimum atomic E-state index is -1.28. The molecule has 0 aliphatic carbocycles. The highest BCUT2D eigenvalue weighted by Gasteiger charge is 2.30. The van der Waals surface area contributed by atoms with Gasteiger partial charge in [0.25, 0.3) is 0 Å². The lowest BCUT2D eigenvalue weighted by Crippen LogP contribution is -2.04. The Balaban J connectivity index is 0.000000130. The summed E-state index contributed by atoms with van der Waals surface area (Å²) in [6.45, 7) is 2.43. The first kappa shape index (κ1) is 104. The number of aromatic nitrogens is 15. The summed E-state index contributed by atoms with van der Waals surface area (Å²) in [5.41, 5.74) is 45.9. The number of ether oxygens (including phenoxy) is 5. The molecular formula is C103H94F2N20O10S10. The first-order chi connectivity index (χ1) is 70.7. The molecule has 0 aliphatic heterocycles. The lowest BCUT2D eigenvalue weighted by molar-refractivity contribution is 0.200. The van der Waals surface area contributed by atoms with E-state index in [0.29, 0.717) is 212 Å². The Bertz CT molecular complexity index is 7600. The summed E-state index contributed by atoms with van der Waals surface area (Å²) in [6.07, 6.45) is 19.0. The van der Waals surface area contributed by atoms with Crippen molar-refractivity contribution in [2.45, 2.75) is 40.3 Å². The van der Waals surface area contributed by atoms with Gasteiger partial charge in [0.05, 0.1) is 163 Å². The molecule has 15 heterocycles. The molecule has 15 aromatic heterocycles. The molecule has 0 spiro atoms. The summed E-state index contributed by atoms with van der Waals surface area (Å²) in [5, 5.41) is 3.50. The molecule has 30 nitrogen and oxygen atoms in total. The molecule has 5 atom stereocenters. The summed E-state index contributed by atoms with van der Waals surface area (Å²) in [7, 11) is 1.77. The van der Waals surface area contributed by atoms with Crippen molar-refractivity contribution in [2.24, 2.45) is 0 Å². The number of pyridine rings is 5. The Morgan fingerprint density at radius 2 is 0.434 bits per heavy atom. The van der Waals surface area contributed by atoms with Gasteiger partial charge in [-0.2, -0.15) is 0 Å². The third kappa shape index (κ3) is 25.0. The molecule has 740 valence electrons. The van der Waals surface area contributed by atoms with Gasteiger partial charge in [-0.3, -0.25) is 46.0 Å². The van der Waals surface area contributed by atoms with Crippen molar-refractivity contribution in [2.75, 3.05) is 126 Å². The van der Waals surface area contributed by atoms with Crippen molar-refractivity contribution in [3.05, 3.63) is 274 Å². The topological polar surface area (TPSA) is 455 Å². The predicted octanol–water partition coefficient (Wildman–Crippen LogP) is 20.2. The summed E-state index contributed by atoms with van der Waals surface area (Å²) >= 11 is 6.66. The standard InChI is InChI=1S/2C21H19FN4O2S2.C21H20N4O2S2.2C20H18N4O2S2/c2*1-28-10-3-11-30(27)21-17(23)16-18(13-5-7-15(22)8-6-13)25-19(26-20(16)29-21)14-4-2-9-24-12-14;1-27-11-6-12-29(26)21-17(22)16-18(14-7-3-2-4-8-14)24-19(25-20(16)28-21)15-9-5-10-23-13-15;2*1-26-10-11-28(25)20-16(21)15-17(13-6-3-2-4-7-13)23-18(24-19(15)27-20)14-8-5-9-22-12-14/h2*2,4-9,12H,3,10-11,23H2,1H3;2-5,7-10,13H,6,11-12,22H2,1H3;2*2-9,12H,10-11,21H2,1H3/t30-;;29-;2*28-/m0.010/s1. The van der Waals surface area contributed by atoms with Crippen LogP contribution in [0.4, 0.5) is 37.2 Å². The van der Waals surface area contributed by atoms with Crippen LogP contribution in [0.25, 0.3) is 164 Å². The van der Waals surface area contributed by atoms with Crippen LogP contribution in [-0.2, 0) is 77.7 Å². The van der Waals surface area contributed by atoms with Crippen LogP contribution in [0.3, 0.4) is 0 Å². The van der Waals surface area contributed by atoms with E-state index in [4.69, 9.17) is 92.2 Å². The molecular weight excluding hydrogens is 2040 g/mol. The fourth-order valence-electron chi connectivity index (χ4n) is 14.8. The fraction of sp³-hybridized carbons (Fsp3) is 0.175. The minimum absolute atomic E-state index is 0.338. The number of nitrogens with zero attached hydrogens (tertiary/aromatic N) is 15. The lowest BCUT2D eigenvalue weighted by Gasteiger charge is -2.07. The number of nitrogens with two attached hydrogens (primary N) is 5. The van der Waals surface area contributed by atoms with Crippen molar-refractivity contribution >= 4 is 190 Å². The number of rotatable bonds is 33. The molecule has 145 heavy (non-hydrogen) atoms. The highest BCUT2D eigenvalue weighted by atomic mass is 32.2. The van der Waals surface area contributed by atoms with Crippen molar-refractivity contribution in [1.29, 1.82) is 0 Å². The molecule has 10 N–H and O–H groups in total. The van der Waals surface area contributed by atoms with Crippen LogP contribution in [0, 0.1) is 11.6 Å². The second-order valence-corrected chi connectivity index (χ2v) is 45.3. The quantitative estimate of drug-likeness (QED) is 0.0238. The Hall–Kier alpha value is -13.5. The van der Waals surface area contributed by atoms with E-state index in [1.165, 1.54) is 80.9 Å². The summed E-state index contributed by atoms with van der Waals surface area (Å²) in [5.74, 6) is 4.14. The van der Waals surface area contributed by atoms with Crippen molar-refractivity contribution in [1.82, 2.24) is 74.8 Å². The number of hydrogen-bond donors (Lipinski definition) is 5. The van der Waals surface area contributed by atoms with E-state index in [-0.39, 0.29) is 11.6 Å². The van der Waals surface area contributed by atoms with Crippen LogP contribution in [0.5, 0.6) is 0 Å². The van der Waals surface area contributed by atoms with Crippen LogP contribution >= 0.6 is 56.7 Å². The summed E-state index contributed by atoms with van der Waals surface area (Å²) in [6, 6.07) is 60.2. The van der Waals surface area contributed by atoms with E-state index < -0.39 is 54.0 Å². The van der Waals surface area contributed by atoms with Crippen LogP contribution in [-0.4, -0.2) is 193 Å². The first-order valence-electron chi connectivity index (χ1n) is 44.8. The van der Waals surface area contributed by atoms with Gasteiger partial charge in [0.1, 0.15) is 56.8 Å². The summed E-state index contributed by atoms with van der Waals surface area (Å²) in [4.78, 5) is 71.5. The number of nitrogen functional groups attached to an aromatic ring is 5. The highest BCUT2D eigenvalue weighted by Crippen LogP contribution is 2.48. The molecule has 0 aliphatic rings. The second-order valence-electron chi connectivity index (χ2n) is 31.5. The van der Waals surface area contributed by atoms with Crippen molar-refractivity contribution in [3.63, 3.8) is 0 Å². The molecule has 1 unspecified atom stereocenters. The van der Waals surface area contributed by atoms with E-state index >= 15 is 0 Å². The maximum Gasteiger partial charge on any atom is 0.162 e. The molecule has 42 heteroatoms. The molecule has 20 rings (SSSR count). The van der Waals surface area contributed by atoms with Crippen molar-refractivity contribution in [3.8, 4) is 113 Å². The van der Waals surface area contributed by atoms with Crippen LogP contribution in [0.15, 0.2) is 283 Å². The van der Waals surface area contributed by atoms with E-state index in [2.05, 4.69) is 34.9 Å². The van der Waals surface area contributed by atoms with Crippen molar-refractivity contribution < 1.29 is 53.5 Å². The third-order valence-electron chi connectivity index (χ3n) is 21.8. The molecule has 5 aromatic carbocycles. The van der Waals surface area contributed by atoms with Gasteiger partial charge in [-0.05, 0) is 128 Å². The number of halogens is 2. The Morgan fingerprint density at radius 1 is 0.241 bits per heavy atom. The Labute approximate surface area is 864 Å². The van der Waals surface area contributed by atoms with E-state index in [9.17, 15) is 29.8 Å². The first-order valence-corrected chi connectivity index (χ1v) is 55.5. The number of methoxy groups -OCH3 is 5.